The highest BCUT2D eigenvalue weighted by molar-refractivity contribution is 5.42. The molecular weight excluding hydrogens is 789 g/mol. The number of aryl methyl sites for hydroxylation is 4. The monoisotopic (exact) mass is 859 g/mol. The lowest BCUT2D eigenvalue weighted by atomic mass is 9.95. The molecule has 0 aliphatic carbocycles. The normalized spacial score (nSPS) is 15.4. The summed E-state index contributed by atoms with van der Waals surface area (Å²) in [6.45, 7) is 28.1. The Morgan fingerprint density at radius 2 is 0.871 bits per heavy atom. The number of hydrogen-bond donors (Lipinski definition) is 2. The third-order valence-corrected chi connectivity index (χ3v) is 11.0. The summed E-state index contributed by atoms with van der Waals surface area (Å²) in [5.41, 5.74) is 0.327. The van der Waals surface area contributed by atoms with Gasteiger partial charge in [0.25, 0.3) is 11.1 Å². The van der Waals surface area contributed by atoms with E-state index in [0.717, 1.165) is 164 Å². The molecular formula is C44H70N14O4. The van der Waals surface area contributed by atoms with Gasteiger partial charge in [-0.3, -0.25) is 29.4 Å². The van der Waals surface area contributed by atoms with Crippen molar-refractivity contribution in [2.75, 3.05) is 75.2 Å². The Hall–Kier alpha value is -5.10. The molecule has 0 bridgehead atoms. The molecule has 6 heterocycles. The fraction of sp³-hybridized carbons (Fsp3) is 0.682. The number of aromatic nitrogens is 10. The third-order valence-electron chi connectivity index (χ3n) is 11.0. The van der Waals surface area contributed by atoms with E-state index in [1.165, 1.54) is 9.36 Å². The van der Waals surface area contributed by atoms with Crippen molar-refractivity contribution >= 4 is 11.6 Å². The van der Waals surface area contributed by atoms with Crippen molar-refractivity contribution in [1.82, 2.24) is 59.3 Å². The van der Waals surface area contributed by atoms with Gasteiger partial charge in [0.15, 0.2) is 0 Å². The van der Waals surface area contributed by atoms with Gasteiger partial charge in [0.2, 0.25) is 0 Å². The van der Waals surface area contributed by atoms with E-state index in [2.05, 4.69) is 107 Å². The van der Waals surface area contributed by atoms with Crippen LogP contribution in [0.25, 0.3) is 0 Å². The zero-order chi connectivity index (χ0) is 44.9. The number of unbranched alkanes of at least 4 members (excludes halogenated alkanes) is 2. The number of anilines is 2. The molecule has 0 unspecified atom stereocenters. The van der Waals surface area contributed by atoms with Crippen LogP contribution in [-0.4, -0.2) is 125 Å². The minimum Gasteiger partial charge on any atom is -0.354 e. The fourth-order valence-corrected chi connectivity index (χ4v) is 7.40. The van der Waals surface area contributed by atoms with Crippen LogP contribution in [-0.2, 0) is 36.8 Å². The van der Waals surface area contributed by atoms with Gasteiger partial charge in [-0.05, 0) is 51.6 Å². The number of nitrogens with one attached hydrogen (secondary N) is 2. The summed E-state index contributed by atoms with van der Waals surface area (Å²) in [7, 11) is 0. The first kappa shape index (κ1) is 47.9. The Kier molecular flexibility index (Phi) is 17.3. The molecule has 18 nitrogen and oxygen atoms in total. The second-order valence-electron chi connectivity index (χ2n) is 18.5. The zero-order valence-electron chi connectivity index (χ0n) is 38.5. The lowest BCUT2D eigenvalue weighted by Gasteiger charge is -2.36. The molecule has 340 valence electrons. The van der Waals surface area contributed by atoms with Crippen molar-refractivity contribution in [2.24, 2.45) is 0 Å². The Labute approximate surface area is 365 Å². The van der Waals surface area contributed by atoms with Gasteiger partial charge in [0.05, 0.1) is 0 Å². The Morgan fingerprint density at radius 3 is 1.19 bits per heavy atom. The first-order valence-corrected chi connectivity index (χ1v) is 22.6. The highest BCUT2D eigenvalue weighted by Gasteiger charge is 2.25. The van der Waals surface area contributed by atoms with E-state index in [1.807, 2.05) is 0 Å². The highest BCUT2D eigenvalue weighted by Crippen LogP contribution is 2.25. The number of piperazine rings is 2. The summed E-state index contributed by atoms with van der Waals surface area (Å²) in [5, 5.41) is 7.76. The maximum Gasteiger partial charge on any atom is 0.344 e. The van der Waals surface area contributed by atoms with Crippen LogP contribution in [0.2, 0.25) is 0 Å². The van der Waals surface area contributed by atoms with Crippen LogP contribution in [0.4, 0.5) is 11.6 Å². The lowest BCUT2D eigenvalue weighted by Crippen LogP contribution is -2.47. The lowest BCUT2D eigenvalue weighted by molar-refractivity contribution is 0.249. The van der Waals surface area contributed by atoms with Gasteiger partial charge < -0.3 is 9.80 Å². The van der Waals surface area contributed by atoms with Gasteiger partial charge in [-0.25, -0.2) is 38.9 Å². The molecule has 4 aromatic heterocycles. The van der Waals surface area contributed by atoms with Crippen LogP contribution in [0.15, 0.2) is 43.7 Å². The molecule has 0 amide bonds. The van der Waals surface area contributed by atoms with Crippen molar-refractivity contribution in [1.29, 1.82) is 0 Å². The van der Waals surface area contributed by atoms with Crippen LogP contribution in [0.1, 0.15) is 117 Å². The van der Waals surface area contributed by atoms with Crippen molar-refractivity contribution in [3.8, 4) is 0 Å². The van der Waals surface area contributed by atoms with Gasteiger partial charge in [0, 0.05) is 99.8 Å². The molecule has 0 saturated carbocycles. The summed E-state index contributed by atoms with van der Waals surface area (Å²) in [6.07, 6.45) is 10.1. The molecule has 4 aromatic rings. The molecule has 2 aliphatic rings. The third kappa shape index (κ3) is 14.5. The van der Waals surface area contributed by atoms with E-state index in [9.17, 15) is 19.2 Å². The van der Waals surface area contributed by atoms with Crippen molar-refractivity contribution in [3.05, 3.63) is 89.2 Å². The molecule has 6 rings (SSSR count). The van der Waals surface area contributed by atoms with Gasteiger partial charge in [0.1, 0.15) is 35.7 Å². The molecule has 62 heavy (non-hydrogen) atoms. The maximum atomic E-state index is 11.7. The van der Waals surface area contributed by atoms with E-state index < -0.39 is 22.5 Å². The topological polar surface area (TPSA) is 200 Å². The standard InChI is InChI=1S/2C22H35N7O2/c2*1-5-8-17-15-18(25-20(24-17)22(2,3)4)28-13-11-27(12-14-28)9-6-7-10-29-21(31)26-19(30)16-23-29/h2*15-16H,5-14H2,1-4H3,(H,26,30,31). The summed E-state index contributed by atoms with van der Waals surface area (Å²) in [5.74, 6) is 3.93. The average molecular weight is 859 g/mol. The van der Waals surface area contributed by atoms with Gasteiger partial charge in [-0.1, -0.05) is 68.2 Å². The van der Waals surface area contributed by atoms with Crippen molar-refractivity contribution in [3.63, 3.8) is 0 Å². The number of nitrogens with zero attached hydrogens (tertiary/aromatic N) is 12. The van der Waals surface area contributed by atoms with Crippen LogP contribution in [0.5, 0.6) is 0 Å². The Bertz CT molecular complexity index is 2100. The molecule has 18 heteroatoms. The summed E-state index contributed by atoms with van der Waals surface area (Å²) in [6, 6.07) is 4.31. The largest absolute Gasteiger partial charge is 0.354 e. The molecule has 0 atom stereocenters. The number of aromatic amines is 2. The summed E-state index contributed by atoms with van der Waals surface area (Å²) in [4.78, 5) is 79.0. The summed E-state index contributed by atoms with van der Waals surface area (Å²) < 4.78 is 2.63. The Morgan fingerprint density at radius 1 is 0.516 bits per heavy atom. The molecule has 2 N–H and O–H groups in total. The first-order chi connectivity index (χ1) is 29.5. The van der Waals surface area contributed by atoms with Crippen molar-refractivity contribution in [2.45, 2.75) is 131 Å². The maximum absolute atomic E-state index is 11.7. The second kappa shape index (κ2) is 22.3. The molecule has 2 aliphatic heterocycles. The minimum absolute atomic E-state index is 0.0666. The van der Waals surface area contributed by atoms with E-state index in [1.54, 1.807) is 0 Å². The predicted molar refractivity (Wildman–Crippen MR) is 243 cm³/mol. The number of H-pyrrole nitrogens is 2. The molecule has 2 saturated heterocycles. The zero-order valence-corrected chi connectivity index (χ0v) is 38.5. The minimum atomic E-state index is -0.459. The van der Waals surface area contributed by atoms with Crippen molar-refractivity contribution < 1.29 is 0 Å². The molecule has 2 fully saturated rings. The first-order valence-electron chi connectivity index (χ1n) is 22.6. The molecule has 0 aromatic carbocycles. The Balaban J connectivity index is 0.000000234. The number of rotatable bonds is 16. The highest BCUT2D eigenvalue weighted by atomic mass is 16.2. The van der Waals surface area contributed by atoms with Crippen LogP contribution in [0.3, 0.4) is 0 Å². The van der Waals surface area contributed by atoms with Gasteiger partial charge in [-0.15, -0.1) is 0 Å². The van der Waals surface area contributed by atoms with Gasteiger partial charge in [-0.2, -0.15) is 10.2 Å². The van der Waals surface area contributed by atoms with Gasteiger partial charge >= 0.3 is 11.4 Å². The number of hydrogen-bond acceptors (Lipinski definition) is 14. The van der Waals surface area contributed by atoms with E-state index in [-0.39, 0.29) is 10.8 Å². The molecule has 0 radical (unpaired) electrons. The predicted octanol–water partition coefficient (Wildman–Crippen LogP) is 3.15. The van der Waals surface area contributed by atoms with E-state index in [0.29, 0.717) is 13.1 Å². The SMILES string of the molecule is CCCc1cc(N2CCN(CCCCn3ncc(=O)[nH]c3=O)CC2)nc(C(C)(C)C)n1.CCCc1cc(N2CCN(CCCCn3ncc(=O)[nH]c3=O)CC2)nc(C(C)(C)C)n1. The quantitative estimate of drug-likeness (QED) is 0.156. The van der Waals surface area contributed by atoms with E-state index >= 15 is 0 Å². The smallest absolute Gasteiger partial charge is 0.344 e. The second-order valence-corrected chi connectivity index (χ2v) is 18.5. The molecule has 0 spiro atoms. The summed E-state index contributed by atoms with van der Waals surface area (Å²) >= 11 is 0. The fourth-order valence-electron chi connectivity index (χ4n) is 7.40. The average Bonchev–Trinajstić information content (AvgIpc) is 3.22. The van der Waals surface area contributed by atoms with E-state index in [4.69, 9.17) is 19.9 Å². The van der Waals surface area contributed by atoms with Crippen LogP contribution >= 0.6 is 0 Å². The van der Waals surface area contributed by atoms with Crippen LogP contribution in [0, 0.1) is 0 Å². The van der Waals surface area contributed by atoms with Crippen LogP contribution < -0.4 is 32.3 Å².